The molecule has 0 amide bonds. The summed E-state index contributed by atoms with van der Waals surface area (Å²) in [5, 5.41) is 2.29. The Morgan fingerprint density at radius 2 is 1.77 bits per heavy atom. The van der Waals surface area contributed by atoms with Gasteiger partial charge in [-0.1, -0.05) is 55.1 Å². The van der Waals surface area contributed by atoms with Gasteiger partial charge in [-0.3, -0.25) is 9.59 Å². The largest absolute Gasteiger partial charge is 0.299 e. The van der Waals surface area contributed by atoms with Crippen LogP contribution >= 0.6 is 0 Å². The van der Waals surface area contributed by atoms with E-state index < -0.39 is 5.92 Å². The third-order valence-electron chi connectivity index (χ3n) is 6.30. The molecule has 2 aromatic carbocycles. The van der Waals surface area contributed by atoms with Crippen LogP contribution in [-0.2, 0) is 9.59 Å². The lowest BCUT2D eigenvalue weighted by Gasteiger charge is -2.49. The normalized spacial score (nSPS) is 22.3. The summed E-state index contributed by atoms with van der Waals surface area (Å²) < 4.78 is 0. The van der Waals surface area contributed by atoms with Crippen molar-refractivity contribution in [3.05, 3.63) is 71.8 Å². The quantitative estimate of drug-likeness (QED) is 0.672. The van der Waals surface area contributed by atoms with Gasteiger partial charge in [0.1, 0.15) is 11.6 Å². The van der Waals surface area contributed by atoms with Gasteiger partial charge in [-0.2, -0.15) is 0 Å². The van der Waals surface area contributed by atoms with Crippen LogP contribution in [0.1, 0.15) is 38.2 Å². The predicted octanol–water partition coefficient (Wildman–Crippen LogP) is 5.24. The first-order valence-corrected chi connectivity index (χ1v) is 9.36. The van der Waals surface area contributed by atoms with E-state index in [2.05, 4.69) is 36.9 Å². The van der Waals surface area contributed by atoms with Gasteiger partial charge in [-0.15, -0.1) is 0 Å². The van der Waals surface area contributed by atoms with Crippen LogP contribution in [0.25, 0.3) is 10.8 Å². The summed E-state index contributed by atoms with van der Waals surface area (Å²) in [7, 11) is 0. The number of hydrogen-bond acceptors (Lipinski definition) is 2. The fraction of sp³-hybridized carbons (Fsp3) is 0.333. The number of Topliss-reactive ketones (excluding diaryl/α,β-unsaturated/α-hetero) is 2. The molecule has 0 saturated heterocycles. The Morgan fingerprint density at radius 1 is 1.08 bits per heavy atom. The van der Waals surface area contributed by atoms with E-state index >= 15 is 0 Å². The number of fused-ring (bicyclic) bond motifs is 2. The van der Waals surface area contributed by atoms with Crippen molar-refractivity contribution in [2.75, 3.05) is 0 Å². The van der Waals surface area contributed by atoms with Gasteiger partial charge in [0.05, 0.1) is 5.92 Å². The van der Waals surface area contributed by atoms with Crippen molar-refractivity contribution in [1.82, 2.24) is 0 Å². The van der Waals surface area contributed by atoms with E-state index in [4.69, 9.17) is 0 Å². The van der Waals surface area contributed by atoms with Gasteiger partial charge >= 0.3 is 0 Å². The zero-order valence-electron chi connectivity index (χ0n) is 15.4. The third kappa shape index (κ3) is 2.56. The van der Waals surface area contributed by atoms with Gasteiger partial charge in [-0.05, 0) is 66.0 Å². The first-order valence-electron chi connectivity index (χ1n) is 9.36. The number of rotatable bonds is 6. The summed E-state index contributed by atoms with van der Waals surface area (Å²) in [6, 6.07) is 14.4. The van der Waals surface area contributed by atoms with Crippen LogP contribution < -0.4 is 0 Å². The van der Waals surface area contributed by atoms with Crippen molar-refractivity contribution in [1.29, 1.82) is 0 Å². The number of hydrogen-bond donors (Lipinski definition) is 0. The zero-order valence-corrected chi connectivity index (χ0v) is 15.4. The van der Waals surface area contributed by atoms with E-state index in [9.17, 15) is 9.59 Å². The Kier molecular flexibility index (Phi) is 4.14. The molecule has 0 aliphatic heterocycles. The molecular weight excluding hydrogens is 320 g/mol. The molecule has 3 atom stereocenters. The summed E-state index contributed by atoms with van der Waals surface area (Å²) in [6.45, 7) is 7.34. The lowest BCUT2D eigenvalue weighted by molar-refractivity contribution is -0.131. The minimum atomic E-state index is -0.582. The van der Waals surface area contributed by atoms with Crippen LogP contribution in [0.4, 0.5) is 0 Å². The summed E-state index contributed by atoms with van der Waals surface area (Å²) in [5.41, 5.74) is 3.72. The fourth-order valence-electron chi connectivity index (χ4n) is 4.93. The summed E-state index contributed by atoms with van der Waals surface area (Å²) >= 11 is 0. The molecule has 26 heavy (non-hydrogen) atoms. The molecule has 4 rings (SSSR count). The highest BCUT2D eigenvalue weighted by Gasteiger charge is 2.46. The van der Waals surface area contributed by atoms with Gasteiger partial charge in [-0.25, -0.2) is 0 Å². The molecule has 2 unspecified atom stereocenters. The maximum Gasteiger partial charge on any atom is 0.140 e. The van der Waals surface area contributed by atoms with E-state index in [1.807, 2.05) is 18.2 Å². The van der Waals surface area contributed by atoms with Crippen molar-refractivity contribution in [2.24, 2.45) is 17.8 Å². The zero-order chi connectivity index (χ0) is 18.4. The van der Waals surface area contributed by atoms with Gasteiger partial charge in [0, 0.05) is 5.92 Å². The molecule has 1 fully saturated rings. The molecular formula is C24H24O2. The molecule has 0 N–H and O–H groups in total. The van der Waals surface area contributed by atoms with Crippen molar-refractivity contribution in [2.45, 2.75) is 32.6 Å². The SMILES string of the molecule is C=C1C2=CC[C@H]2C1CC(c1cccc2ccccc12)C(C(C)=O)C(C)=O. The molecule has 0 spiro atoms. The van der Waals surface area contributed by atoms with E-state index in [0.717, 1.165) is 29.2 Å². The second kappa shape index (κ2) is 6.35. The number of carbonyl (C=O) groups is 2. The first kappa shape index (κ1) is 17.0. The van der Waals surface area contributed by atoms with Gasteiger partial charge in [0.15, 0.2) is 0 Å². The molecule has 2 aliphatic carbocycles. The molecule has 2 aliphatic rings. The number of carbonyl (C=O) groups excluding carboxylic acids is 2. The Balaban J connectivity index is 1.79. The average molecular weight is 344 g/mol. The fourth-order valence-corrected chi connectivity index (χ4v) is 4.93. The summed E-state index contributed by atoms with van der Waals surface area (Å²) in [5.74, 6) is 0.218. The van der Waals surface area contributed by atoms with E-state index in [0.29, 0.717) is 11.8 Å². The first-order chi connectivity index (χ1) is 12.5. The Morgan fingerprint density at radius 3 is 2.38 bits per heavy atom. The standard InChI is InChI=1S/C24H24O2/c1-14-18-11-12-21(18)22(14)13-23(24(15(2)25)16(3)26)20-10-6-8-17-7-4-5-9-19(17)20/h4-11,21-24H,1,12-13H2,2-3H3/t21-,22?,23?/m1/s1. The van der Waals surface area contributed by atoms with Crippen molar-refractivity contribution < 1.29 is 9.59 Å². The second-order valence-electron chi connectivity index (χ2n) is 7.74. The van der Waals surface area contributed by atoms with E-state index in [1.54, 1.807) is 13.8 Å². The molecule has 2 aromatic rings. The maximum atomic E-state index is 12.4. The maximum absolute atomic E-state index is 12.4. The highest BCUT2D eigenvalue weighted by atomic mass is 16.1. The Bertz CT molecular complexity index is 930. The smallest absolute Gasteiger partial charge is 0.140 e. The average Bonchev–Trinajstić information content (AvgIpc) is 2.58. The lowest BCUT2D eigenvalue weighted by Crippen LogP contribution is -2.39. The Labute approximate surface area is 154 Å². The van der Waals surface area contributed by atoms with Crippen molar-refractivity contribution >= 4 is 22.3 Å². The monoisotopic (exact) mass is 344 g/mol. The van der Waals surface area contributed by atoms with Gasteiger partial charge < -0.3 is 0 Å². The van der Waals surface area contributed by atoms with Crippen LogP contribution in [-0.4, -0.2) is 11.6 Å². The molecule has 0 heterocycles. The van der Waals surface area contributed by atoms with E-state index in [1.165, 1.54) is 11.1 Å². The molecule has 2 heteroatoms. The number of ketones is 2. The minimum absolute atomic E-state index is 0.0373. The molecule has 2 nitrogen and oxygen atoms in total. The highest BCUT2D eigenvalue weighted by molar-refractivity contribution is 6.02. The van der Waals surface area contributed by atoms with Gasteiger partial charge in [0.25, 0.3) is 0 Å². The van der Waals surface area contributed by atoms with Crippen LogP contribution in [0.15, 0.2) is 66.3 Å². The van der Waals surface area contributed by atoms with Crippen LogP contribution in [0.3, 0.4) is 0 Å². The molecule has 0 bridgehead atoms. The summed E-state index contributed by atoms with van der Waals surface area (Å²) in [4.78, 5) is 24.8. The third-order valence-corrected chi connectivity index (χ3v) is 6.30. The molecule has 1 saturated carbocycles. The minimum Gasteiger partial charge on any atom is -0.299 e. The van der Waals surface area contributed by atoms with Crippen LogP contribution in [0, 0.1) is 17.8 Å². The van der Waals surface area contributed by atoms with Crippen molar-refractivity contribution in [3.8, 4) is 0 Å². The van der Waals surface area contributed by atoms with Gasteiger partial charge in [0.2, 0.25) is 0 Å². The van der Waals surface area contributed by atoms with Crippen LogP contribution in [0.2, 0.25) is 0 Å². The molecule has 132 valence electrons. The molecule has 0 aromatic heterocycles. The highest BCUT2D eigenvalue weighted by Crippen LogP contribution is 2.56. The lowest BCUT2D eigenvalue weighted by atomic mass is 9.55. The summed E-state index contributed by atoms with van der Waals surface area (Å²) in [6.07, 6.45) is 4.18. The Hall–Kier alpha value is -2.48. The van der Waals surface area contributed by atoms with Crippen molar-refractivity contribution in [3.63, 3.8) is 0 Å². The second-order valence-corrected chi connectivity index (χ2v) is 7.74. The predicted molar refractivity (Wildman–Crippen MR) is 105 cm³/mol. The number of allylic oxidation sites excluding steroid dienone is 3. The van der Waals surface area contributed by atoms with E-state index in [-0.39, 0.29) is 17.5 Å². The molecule has 0 radical (unpaired) electrons. The topological polar surface area (TPSA) is 34.1 Å². The van der Waals surface area contributed by atoms with Crippen LogP contribution in [0.5, 0.6) is 0 Å². The number of benzene rings is 2.